The van der Waals surface area contributed by atoms with Gasteiger partial charge in [-0.15, -0.1) is 11.8 Å². The van der Waals surface area contributed by atoms with E-state index in [-0.39, 0.29) is 0 Å². The maximum Gasteiger partial charge on any atom is 0.0233 e. The molecule has 0 radical (unpaired) electrons. The Morgan fingerprint density at radius 3 is 2.72 bits per heavy atom. The highest BCUT2D eigenvalue weighted by Gasteiger charge is 2.22. The predicted molar refractivity (Wildman–Crippen MR) is 79.9 cm³/mol. The van der Waals surface area contributed by atoms with E-state index in [1.54, 1.807) is 11.8 Å². The molecule has 2 atom stereocenters. The topological polar surface area (TPSA) is 29.3 Å². The Bertz CT molecular complexity index is 361. The SMILES string of the molecule is CSc1ccc(CN2CCCC(C(C)N)C2)cc1. The van der Waals surface area contributed by atoms with Crippen LogP contribution in [-0.2, 0) is 6.54 Å². The molecule has 2 N–H and O–H groups in total. The summed E-state index contributed by atoms with van der Waals surface area (Å²) in [5.41, 5.74) is 7.45. The molecule has 0 bridgehead atoms. The molecule has 2 rings (SSSR count). The van der Waals surface area contributed by atoms with E-state index in [1.165, 1.54) is 29.8 Å². The zero-order chi connectivity index (χ0) is 13.0. The first-order valence-corrected chi connectivity index (χ1v) is 8.02. The van der Waals surface area contributed by atoms with Gasteiger partial charge in [0, 0.05) is 24.0 Å². The maximum atomic E-state index is 6.03. The molecule has 100 valence electrons. The van der Waals surface area contributed by atoms with E-state index >= 15 is 0 Å². The molecule has 0 aromatic heterocycles. The third-order valence-electron chi connectivity index (χ3n) is 3.85. The van der Waals surface area contributed by atoms with E-state index in [0.29, 0.717) is 12.0 Å². The summed E-state index contributed by atoms with van der Waals surface area (Å²) >= 11 is 1.80. The van der Waals surface area contributed by atoms with Crippen LogP contribution in [0.15, 0.2) is 29.2 Å². The fourth-order valence-electron chi connectivity index (χ4n) is 2.65. The number of nitrogens with zero attached hydrogens (tertiary/aromatic N) is 1. The van der Waals surface area contributed by atoms with Gasteiger partial charge >= 0.3 is 0 Å². The molecule has 1 aliphatic heterocycles. The van der Waals surface area contributed by atoms with Gasteiger partial charge in [-0.2, -0.15) is 0 Å². The first-order chi connectivity index (χ1) is 8.69. The Morgan fingerprint density at radius 1 is 1.39 bits per heavy atom. The molecule has 2 unspecified atom stereocenters. The largest absolute Gasteiger partial charge is 0.328 e. The summed E-state index contributed by atoms with van der Waals surface area (Å²) < 4.78 is 0. The number of hydrogen-bond acceptors (Lipinski definition) is 3. The van der Waals surface area contributed by atoms with E-state index in [0.717, 1.165) is 13.1 Å². The second-order valence-corrected chi connectivity index (χ2v) is 6.22. The highest BCUT2D eigenvalue weighted by atomic mass is 32.2. The van der Waals surface area contributed by atoms with Crippen molar-refractivity contribution in [3.63, 3.8) is 0 Å². The van der Waals surface area contributed by atoms with Crippen molar-refractivity contribution < 1.29 is 0 Å². The Kier molecular flexibility index (Phi) is 5.10. The minimum Gasteiger partial charge on any atom is -0.328 e. The van der Waals surface area contributed by atoms with E-state index < -0.39 is 0 Å². The van der Waals surface area contributed by atoms with Gasteiger partial charge in [-0.1, -0.05) is 12.1 Å². The van der Waals surface area contributed by atoms with Crippen molar-refractivity contribution in [2.45, 2.75) is 37.2 Å². The van der Waals surface area contributed by atoms with Gasteiger partial charge in [-0.3, -0.25) is 4.90 Å². The summed E-state index contributed by atoms with van der Waals surface area (Å²) in [6.45, 7) is 5.58. The van der Waals surface area contributed by atoms with Crippen molar-refractivity contribution in [3.05, 3.63) is 29.8 Å². The summed E-state index contributed by atoms with van der Waals surface area (Å²) in [4.78, 5) is 3.89. The normalized spacial score (nSPS) is 22.9. The fraction of sp³-hybridized carbons (Fsp3) is 0.600. The molecule has 3 heteroatoms. The van der Waals surface area contributed by atoms with E-state index in [1.807, 2.05) is 0 Å². The van der Waals surface area contributed by atoms with Gasteiger partial charge in [0.1, 0.15) is 0 Å². The first-order valence-electron chi connectivity index (χ1n) is 6.80. The lowest BCUT2D eigenvalue weighted by molar-refractivity contribution is 0.154. The van der Waals surface area contributed by atoms with E-state index in [4.69, 9.17) is 5.73 Å². The van der Waals surface area contributed by atoms with Gasteiger partial charge in [0.25, 0.3) is 0 Å². The number of nitrogens with two attached hydrogens (primary N) is 1. The van der Waals surface area contributed by atoms with Gasteiger partial charge in [-0.05, 0) is 56.2 Å². The average Bonchev–Trinajstić information content (AvgIpc) is 2.40. The third kappa shape index (κ3) is 3.74. The first kappa shape index (κ1) is 13.9. The Hall–Kier alpha value is -0.510. The van der Waals surface area contributed by atoms with Gasteiger partial charge in [-0.25, -0.2) is 0 Å². The van der Waals surface area contributed by atoms with Crippen molar-refractivity contribution in [1.82, 2.24) is 4.90 Å². The number of benzene rings is 1. The number of likely N-dealkylation sites (tertiary alicyclic amines) is 1. The Labute approximate surface area is 115 Å². The lowest BCUT2D eigenvalue weighted by Crippen LogP contribution is -2.41. The van der Waals surface area contributed by atoms with Crippen LogP contribution in [0.5, 0.6) is 0 Å². The van der Waals surface area contributed by atoms with Crippen LogP contribution < -0.4 is 5.73 Å². The molecule has 1 heterocycles. The molecule has 1 aromatic carbocycles. The summed E-state index contributed by atoms with van der Waals surface area (Å²) in [6.07, 6.45) is 4.70. The monoisotopic (exact) mass is 264 g/mol. The Morgan fingerprint density at radius 2 is 2.11 bits per heavy atom. The third-order valence-corrected chi connectivity index (χ3v) is 4.59. The van der Waals surface area contributed by atoms with Gasteiger partial charge in [0.2, 0.25) is 0 Å². The lowest BCUT2D eigenvalue weighted by atomic mass is 9.92. The molecule has 2 nitrogen and oxygen atoms in total. The second-order valence-electron chi connectivity index (χ2n) is 5.34. The quantitative estimate of drug-likeness (QED) is 0.848. The number of thioether (sulfide) groups is 1. The molecule has 0 saturated carbocycles. The van der Waals surface area contributed by atoms with Gasteiger partial charge < -0.3 is 5.73 Å². The van der Waals surface area contributed by atoms with Crippen LogP contribution in [0.2, 0.25) is 0 Å². The standard InChI is InChI=1S/C15H24N2S/c1-12(16)14-4-3-9-17(11-14)10-13-5-7-15(18-2)8-6-13/h5-8,12,14H,3-4,9-11,16H2,1-2H3. The van der Waals surface area contributed by atoms with Crippen molar-refractivity contribution >= 4 is 11.8 Å². The summed E-state index contributed by atoms with van der Waals surface area (Å²) in [5.74, 6) is 0.671. The van der Waals surface area contributed by atoms with Crippen molar-refractivity contribution in [2.24, 2.45) is 11.7 Å². The summed E-state index contributed by atoms with van der Waals surface area (Å²) in [7, 11) is 0. The molecular formula is C15H24N2S. The van der Waals surface area contributed by atoms with Crippen LogP contribution in [-0.4, -0.2) is 30.3 Å². The smallest absolute Gasteiger partial charge is 0.0233 e. The fourth-order valence-corrected chi connectivity index (χ4v) is 3.06. The van der Waals surface area contributed by atoms with Gasteiger partial charge in [0.05, 0.1) is 0 Å². The van der Waals surface area contributed by atoms with Crippen molar-refractivity contribution in [1.29, 1.82) is 0 Å². The average molecular weight is 264 g/mol. The molecular weight excluding hydrogens is 240 g/mol. The second kappa shape index (κ2) is 6.60. The molecule has 1 saturated heterocycles. The minimum atomic E-state index is 0.326. The highest BCUT2D eigenvalue weighted by Crippen LogP contribution is 2.21. The highest BCUT2D eigenvalue weighted by molar-refractivity contribution is 7.98. The molecule has 1 aromatic rings. The number of hydrogen-bond donors (Lipinski definition) is 1. The number of piperidine rings is 1. The number of rotatable bonds is 4. The maximum absolute atomic E-state index is 6.03. The van der Waals surface area contributed by atoms with Crippen LogP contribution in [0.3, 0.4) is 0 Å². The zero-order valence-corrected chi connectivity index (χ0v) is 12.2. The van der Waals surface area contributed by atoms with Crippen LogP contribution in [0.4, 0.5) is 0 Å². The molecule has 0 spiro atoms. The zero-order valence-electron chi connectivity index (χ0n) is 11.4. The predicted octanol–water partition coefficient (Wildman–Crippen LogP) is 2.97. The minimum absolute atomic E-state index is 0.326. The lowest BCUT2D eigenvalue weighted by Gasteiger charge is -2.34. The van der Waals surface area contributed by atoms with E-state index in [2.05, 4.69) is 42.3 Å². The molecule has 1 aliphatic rings. The molecule has 1 fully saturated rings. The van der Waals surface area contributed by atoms with Crippen molar-refractivity contribution in [3.8, 4) is 0 Å². The molecule has 0 aliphatic carbocycles. The summed E-state index contributed by atoms with van der Waals surface area (Å²) in [5, 5.41) is 0. The summed E-state index contributed by atoms with van der Waals surface area (Å²) in [6, 6.07) is 9.26. The van der Waals surface area contributed by atoms with Crippen LogP contribution in [0, 0.1) is 5.92 Å². The van der Waals surface area contributed by atoms with Crippen LogP contribution in [0.25, 0.3) is 0 Å². The van der Waals surface area contributed by atoms with E-state index in [9.17, 15) is 0 Å². The van der Waals surface area contributed by atoms with Crippen LogP contribution in [0.1, 0.15) is 25.3 Å². The molecule has 0 amide bonds. The van der Waals surface area contributed by atoms with Crippen molar-refractivity contribution in [2.75, 3.05) is 19.3 Å². The Balaban J connectivity index is 1.91. The van der Waals surface area contributed by atoms with Crippen LogP contribution >= 0.6 is 11.8 Å². The molecule has 18 heavy (non-hydrogen) atoms. The van der Waals surface area contributed by atoms with Gasteiger partial charge in [0.15, 0.2) is 0 Å².